The minimum atomic E-state index is -0.489. The summed E-state index contributed by atoms with van der Waals surface area (Å²) in [5.74, 6) is 2.20. The van der Waals surface area contributed by atoms with Crippen molar-refractivity contribution in [3.8, 4) is 0 Å². The third-order valence-electron chi connectivity index (χ3n) is 8.21. The molecule has 2 fully saturated rings. The van der Waals surface area contributed by atoms with Gasteiger partial charge in [0.1, 0.15) is 0 Å². The molecule has 2 saturated carbocycles. The van der Waals surface area contributed by atoms with E-state index in [0.717, 1.165) is 25.7 Å². The van der Waals surface area contributed by atoms with Crippen LogP contribution >= 0.6 is 0 Å². The molecule has 0 amide bonds. The van der Waals surface area contributed by atoms with Crippen LogP contribution in [-0.4, -0.2) is 22.4 Å². The molecule has 3 aliphatic carbocycles. The average Bonchev–Trinajstić information content (AvgIpc) is 3.07. The number of aliphatic hydroxyl groups is 2. The van der Waals surface area contributed by atoms with Crippen molar-refractivity contribution in [3.63, 3.8) is 0 Å². The van der Waals surface area contributed by atoms with E-state index in [1.165, 1.54) is 23.1 Å². The van der Waals surface area contributed by atoms with Crippen LogP contribution in [0.15, 0.2) is 35.5 Å². The summed E-state index contributed by atoms with van der Waals surface area (Å²) in [6, 6.07) is 0. The number of allylic oxidation sites excluding steroid dienone is 4. The van der Waals surface area contributed by atoms with E-state index in [4.69, 9.17) is 0 Å². The zero-order valence-corrected chi connectivity index (χ0v) is 18.0. The maximum absolute atomic E-state index is 11.2. The Bertz CT molecular complexity index is 628. The minimum Gasteiger partial charge on any atom is -0.393 e. The highest BCUT2D eigenvalue weighted by Gasteiger charge is 2.53. The quantitative estimate of drug-likeness (QED) is 0.583. The number of rotatable bonds is 1. The molecule has 0 bridgehead atoms. The van der Waals surface area contributed by atoms with Gasteiger partial charge in [0.05, 0.1) is 12.2 Å². The van der Waals surface area contributed by atoms with Crippen molar-refractivity contribution in [1.29, 1.82) is 0 Å². The first-order chi connectivity index (χ1) is 12.6. The Morgan fingerprint density at radius 1 is 1.11 bits per heavy atom. The summed E-state index contributed by atoms with van der Waals surface area (Å²) in [7, 11) is 0. The van der Waals surface area contributed by atoms with Gasteiger partial charge >= 0.3 is 0 Å². The highest BCUT2D eigenvalue weighted by atomic mass is 16.3. The molecule has 7 atom stereocenters. The highest BCUT2D eigenvalue weighted by Crippen LogP contribution is 2.54. The molecule has 2 N–H and O–H groups in total. The van der Waals surface area contributed by atoms with Crippen LogP contribution in [0.3, 0.4) is 0 Å². The van der Waals surface area contributed by atoms with E-state index in [1.807, 2.05) is 0 Å². The Hall–Kier alpha value is -0.860. The second-order valence-electron chi connectivity index (χ2n) is 10.3. The molecule has 0 aromatic carbocycles. The molecule has 0 spiro atoms. The van der Waals surface area contributed by atoms with E-state index in [1.54, 1.807) is 0 Å². The molecule has 152 valence electrons. The van der Waals surface area contributed by atoms with Gasteiger partial charge in [0, 0.05) is 5.41 Å². The molecular formula is C25H40O2. The lowest BCUT2D eigenvalue weighted by Gasteiger charge is -2.38. The van der Waals surface area contributed by atoms with E-state index in [2.05, 4.69) is 53.3 Å². The highest BCUT2D eigenvalue weighted by molar-refractivity contribution is 5.21. The molecule has 2 nitrogen and oxygen atoms in total. The van der Waals surface area contributed by atoms with Gasteiger partial charge in [-0.2, -0.15) is 0 Å². The van der Waals surface area contributed by atoms with E-state index in [9.17, 15) is 10.2 Å². The van der Waals surface area contributed by atoms with Crippen molar-refractivity contribution in [1.82, 2.24) is 0 Å². The Morgan fingerprint density at radius 3 is 2.44 bits per heavy atom. The van der Waals surface area contributed by atoms with Crippen molar-refractivity contribution in [3.05, 3.63) is 35.5 Å². The van der Waals surface area contributed by atoms with Crippen LogP contribution in [-0.2, 0) is 0 Å². The van der Waals surface area contributed by atoms with Gasteiger partial charge in [-0.15, -0.1) is 0 Å². The van der Waals surface area contributed by atoms with Gasteiger partial charge in [-0.1, -0.05) is 56.2 Å². The van der Waals surface area contributed by atoms with Crippen LogP contribution in [0.25, 0.3) is 0 Å². The van der Waals surface area contributed by atoms with Crippen molar-refractivity contribution < 1.29 is 10.2 Å². The van der Waals surface area contributed by atoms with Crippen molar-refractivity contribution in [2.45, 2.75) is 85.4 Å². The van der Waals surface area contributed by atoms with E-state index >= 15 is 0 Å². The fraction of sp³-hybridized carbons (Fsp3) is 0.760. The SMILES string of the molecule is C=C1CC[C@H]2/C(C)=C/C[C@H]3[C@@H](C(C)C)[C@H](O)C[C@]3(C)[C@H](O)/C=C(\C)CC[C@@H]12. The second kappa shape index (κ2) is 7.87. The summed E-state index contributed by atoms with van der Waals surface area (Å²) < 4.78 is 0. The standard InChI is InChI=1S/C25H40O2/c1-15(2)24-21-12-9-18(5)20-11-8-17(4)19(20)10-7-16(3)13-23(27)25(21,6)14-22(24)26/h9,13,15,19-24,26-27H,4,7-8,10-12,14H2,1-3,5-6H3/b16-13+,18-9+/t19-,20-,21-,22+,23+,24+,25-/m0/s1. The largest absolute Gasteiger partial charge is 0.393 e. The first-order valence-electron chi connectivity index (χ1n) is 11.0. The Balaban J connectivity index is 2.00. The van der Waals surface area contributed by atoms with Crippen LogP contribution in [0.5, 0.6) is 0 Å². The molecule has 0 heterocycles. The van der Waals surface area contributed by atoms with Gasteiger partial charge in [0.15, 0.2) is 0 Å². The number of hydrogen-bond acceptors (Lipinski definition) is 2. The fourth-order valence-electron chi connectivity index (χ4n) is 6.47. The summed E-state index contributed by atoms with van der Waals surface area (Å²) in [4.78, 5) is 0. The number of aliphatic hydroxyl groups excluding tert-OH is 2. The monoisotopic (exact) mass is 372 g/mol. The van der Waals surface area contributed by atoms with Gasteiger partial charge < -0.3 is 10.2 Å². The van der Waals surface area contributed by atoms with Crippen LogP contribution in [0.1, 0.15) is 73.1 Å². The fourth-order valence-corrected chi connectivity index (χ4v) is 6.47. The zero-order valence-electron chi connectivity index (χ0n) is 18.0. The first-order valence-corrected chi connectivity index (χ1v) is 11.0. The van der Waals surface area contributed by atoms with Gasteiger partial charge in [-0.25, -0.2) is 0 Å². The predicted octanol–water partition coefficient (Wildman–Crippen LogP) is 5.67. The number of hydrogen-bond donors (Lipinski definition) is 2. The molecule has 0 radical (unpaired) electrons. The van der Waals surface area contributed by atoms with E-state index in [-0.39, 0.29) is 17.4 Å². The lowest BCUT2D eigenvalue weighted by molar-refractivity contribution is 0.0285. The summed E-state index contributed by atoms with van der Waals surface area (Å²) in [5.41, 5.74) is 3.94. The van der Waals surface area contributed by atoms with Crippen LogP contribution in [0, 0.1) is 35.0 Å². The molecule has 2 heteroatoms. The zero-order chi connectivity index (χ0) is 19.9. The second-order valence-corrected chi connectivity index (χ2v) is 10.3. The molecular weight excluding hydrogens is 332 g/mol. The topological polar surface area (TPSA) is 40.5 Å². The molecule has 0 aliphatic heterocycles. The summed E-state index contributed by atoms with van der Waals surface area (Å²) in [6.45, 7) is 15.5. The summed E-state index contributed by atoms with van der Waals surface area (Å²) in [5, 5.41) is 22.1. The Morgan fingerprint density at radius 2 is 1.78 bits per heavy atom. The molecule has 0 aromatic heterocycles. The third-order valence-corrected chi connectivity index (χ3v) is 8.21. The first kappa shape index (κ1) is 20.9. The van der Waals surface area contributed by atoms with Gasteiger partial charge in [0.25, 0.3) is 0 Å². The maximum atomic E-state index is 11.2. The number of fused-ring (bicyclic) bond motifs is 2. The predicted molar refractivity (Wildman–Crippen MR) is 113 cm³/mol. The smallest absolute Gasteiger partial charge is 0.0780 e. The minimum absolute atomic E-state index is 0.250. The molecule has 3 rings (SSSR count). The van der Waals surface area contributed by atoms with Crippen LogP contribution in [0.4, 0.5) is 0 Å². The molecule has 3 aliphatic rings. The van der Waals surface area contributed by atoms with Crippen molar-refractivity contribution >= 4 is 0 Å². The lowest BCUT2D eigenvalue weighted by Crippen LogP contribution is -2.37. The lowest BCUT2D eigenvalue weighted by atomic mass is 9.68. The Labute approximate surface area is 166 Å². The van der Waals surface area contributed by atoms with Gasteiger partial charge in [-0.3, -0.25) is 0 Å². The third kappa shape index (κ3) is 3.85. The summed E-state index contributed by atoms with van der Waals surface area (Å²) in [6.07, 6.45) is 9.93. The average molecular weight is 373 g/mol. The van der Waals surface area contributed by atoms with E-state index < -0.39 is 6.10 Å². The Kier molecular flexibility index (Phi) is 6.08. The van der Waals surface area contributed by atoms with Crippen LogP contribution in [0.2, 0.25) is 0 Å². The summed E-state index contributed by atoms with van der Waals surface area (Å²) >= 11 is 0. The molecule has 0 unspecified atom stereocenters. The molecule has 0 saturated heterocycles. The van der Waals surface area contributed by atoms with Gasteiger partial charge in [0.2, 0.25) is 0 Å². The normalized spacial score (nSPS) is 47.3. The molecule has 27 heavy (non-hydrogen) atoms. The van der Waals surface area contributed by atoms with Crippen molar-refractivity contribution in [2.75, 3.05) is 0 Å². The van der Waals surface area contributed by atoms with Crippen molar-refractivity contribution in [2.24, 2.45) is 35.0 Å². The van der Waals surface area contributed by atoms with Crippen LogP contribution < -0.4 is 0 Å². The van der Waals surface area contributed by atoms with E-state index in [0.29, 0.717) is 30.1 Å². The molecule has 0 aromatic rings. The maximum Gasteiger partial charge on any atom is 0.0780 e. The van der Waals surface area contributed by atoms with Gasteiger partial charge in [-0.05, 0) is 82.0 Å².